The molecule has 4 rings (SSSR count). The van der Waals surface area contributed by atoms with Gasteiger partial charge in [0.15, 0.2) is 5.78 Å². The van der Waals surface area contributed by atoms with Crippen molar-refractivity contribution in [1.29, 1.82) is 0 Å². The predicted octanol–water partition coefficient (Wildman–Crippen LogP) is 4.51. The minimum absolute atomic E-state index is 0.0872. The molecule has 1 aromatic carbocycles. The monoisotopic (exact) mass is 337 g/mol. The van der Waals surface area contributed by atoms with Gasteiger partial charge >= 0.3 is 0 Å². The first-order valence-electron chi connectivity index (χ1n) is 8.51. The first-order valence-corrected chi connectivity index (χ1v) is 8.51. The molecule has 2 heterocycles. The Balaban J connectivity index is 1.83. The van der Waals surface area contributed by atoms with Crippen LogP contribution in [-0.4, -0.2) is 27.1 Å². The SMILES string of the molecule is CC(=O)c1cnn2cc(-c3ccccc3)cc2c1NC(C)C1(F)CC1. The Bertz CT molecular complexity index is 944. The van der Waals surface area contributed by atoms with Crippen LogP contribution in [0.5, 0.6) is 0 Å². The summed E-state index contributed by atoms with van der Waals surface area (Å²) >= 11 is 0. The zero-order chi connectivity index (χ0) is 17.6. The Hall–Kier alpha value is -2.69. The average Bonchev–Trinajstić information content (AvgIpc) is 3.21. The highest BCUT2D eigenvalue weighted by molar-refractivity contribution is 6.03. The van der Waals surface area contributed by atoms with Crippen molar-refractivity contribution in [3.8, 4) is 11.1 Å². The van der Waals surface area contributed by atoms with Crippen molar-refractivity contribution in [3.63, 3.8) is 0 Å². The molecule has 5 heteroatoms. The lowest BCUT2D eigenvalue weighted by Crippen LogP contribution is -2.30. The van der Waals surface area contributed by atoms with Gasteiger partial charge in [0.05, 0.1) is 29.0 Å². The molecule has 2 aromatic heterocycles. The minimum Gasteiger partial charge on any atom is -0.377 e. The van der Waals surface area contributed by atoms with Gasteiger partial charge in [-0.2, -0.15) is 5.10 Å². The molecule has 25 heavy (non-hydrogen) atoms. The number of fused-ring (bicyclic) bond motifs is 1. The second-order valence-corrected chi connectivity index (χ2v) is 6.81. The van der Waals surface area contributed by atoms with Gasteiger partial charge in [-0.3, -0.25) is 4.79 Å². The predicted molar refractivity (Wildman–Crippen MR) is 96.8 cm³/mol. The summed E-state index contributed by atoms with van der Waals surface area (Å²) in [6, 6.07) is 11.6. The van der Waals surface area contributed by atoms with E-state index in [2.05, 4.69) is 10.4 Å². The van der Waals surface area contributed by atoms with Gasteiger partial charge in [-0.25, -0.2) is 8.91 Å². The number of carbonyl (C=O) groups excluding carboxylic acids is 1. The highest BCUT2D eigenvalue weighted by atomic mass is 19.1. The normalized spacial score (nSPS) is 16.6. The summed E-state index contributed by atoms with van der Waals surface area (Å²) in [5, 5.41) is 7.60. The number of halogens is 1. The lowest BCUT2D eigenvalue weighted by atomic mass is 10.1. The van der Waals surface area contributed by atoms with Crippen molar-refractivity contribution in [2.45, 2.75) is 38.4 Å². The molecular formula is C20H20FN3O. The molecule has 1 unspecified atom stereocenters. The van der Waals surface area contributed by atoms with E-state index in [-0.39, 0.29) is 11.8 Å². The molecule has 1 saturated carbocycles. The maximum Gasteiger partial charge on any atom is 0.163 e. The smallest absolute Gasteiger partial charge is 0.163 e. The van der Waals surface area contributed by atoms with E-state index >= 15 is 0 Å². The molecule has 0 bridgehead atoms. The van der Waals surface area contributed by atoms with Crippen molar-refractivity contribution >= 4 is 17.0 Å². The molecule has 1 N–H and O–H groups in total. The zero-order valence-corrected chi connectivity index (χ0v) is 14.3. The molecule has 0 amide bonds. The fourth-order valence-corrected chi connectivity index (χ4v) is 3.16. The van der Waals surface area contributed by atoms with Gasteiger partial charge in [0.1, 0.15) is 5.67 Å². The number of aromatic nitrogens is 2. The molecule has 3 aromatic rings. The first-order chi connectivity index (χ1) is 12.0. The van der Waals surface area contributed by atoms with Crippen LogP contribution in [0.4, 0.5) is 10.1 Å². The van der Waals surface area contributed by atoms with E-state index in [9.17, 15) is 9.18 Å². The average molecular weight is 337 g/mol. The molecule has 1 aliphatic rings. The van der Waals surface area contributed by atoms with Crippen molar-refractivity contribution in [2.24, 2.45) is 0 Å². The van der Waals surface area contributed by atoms with E-state index in [0.29, 0.717) is 24.1 Å². The summed E-state index contributed by atoms with van der Waals surface area (Å²) in [4.78, 5) is 12.1. The maximum absolute atomic E-state index is 14.4. The maximum atomic E-state index is 14.4. The van der Waals surface area contributed by atoms with Gasteiger partial charge < -0.3 is 5.32 Å². The summed E-state index contributed by atoms with van der Waals surface area (Å²) in [6.07, 6.45) is 4.60. The van der Waals surface area contributed by atoms with Gasteiger partial charge in [0.2, 0.25) is 0 Å². The Morgan fingerprint density at radius 1 is 1.28 bits per heavy atom. The Kier molecular flexibility index (Phi) is 3.60. The standard InChI is InChI=1S/C20H20FN3O/c1-13(25)17-11-22-24-12-16(15-6-4-3-5-7-15)10-18(24)19(17)23-14(2)20(21)8-9-20/h3-7,10-12,14,23H,8-9H2,1-2H3. The zero-order valence-electron chi connectivity index (χ0n) is 14.3. The number of alkyl halides is 1. The van der Waals surface area contributed by atoms with Crippen LogP contribution < -0.4 is 5.32 Å². The Morgan fingerprint density at radius 2 is 2.00 bits per heavy atom. The van der Waals surface area contributed by atoms with Gasteiger partial charge in [0, 0.05) is 11.8 Å². The lowest BCUT2D eigenvalue weighted by molar-refractivity contribution is 0.101. The molecule has 4 nitrogen and oxygen atoms in total. The van der Waals surface area contributed by atoms with Crippen LogP contribution in [0.3, 0.4) is 0 Å². The van der Waals surface area contributed by atoms with Gasteiger partial charge in [0.25, 0.3) is 0 Å². The number of ketones is 1. The quantitative estimate of drug-likeness (QED) is 0.697. The van der Waals surface area contributed by atoms with E-state index in [1.54, 1.807) is 10.7 Å². The number of carbonyl (C=O) groups is 1. The topological polar surface area (TPSA) is 46.4 Å². The Morgan fingerprint density at radius 3 is 2.64 bits per heavy atom. The van der Waals surface area contributed by atoms with Crippen LogP contribution in [0.15, 0.2) is 48.8 Å². The molecular weight excluding hydrogens is 317 g/mol. The van der Waals surface area contributed by atoms with Crippen molar-refractivity contribution in [2.75, 3.05) is 5.32 Å². The number of Topliss-reactive ketones (excluding diaryl/α,β-unsaturated/α-hetero) is 1. The summed E-state index contributed by atoms with van der Waals surface area (Å²) < 4.78 is 16.2. The fourth-order valence-electron chi connectivity index (χ4n) is 3.16. The van der Waals surface area contributed by atoms with Crippen LogP contribution in [0.2, 0.25) is 0 Å². The van der Waals surface area contributed by atoms with E-state index < -0.39 is 5.67 Å². The number of rotatable bonds is 5. The van der Waals surface area contributed by atoms with Crippen LogP contribution >= 0.6 is 0 Å². The second kappa shape index (κ2) is 5.69. The summed E-state index contributed by atoms with van der Waals surface area (Å²) in [5.74, 6) is -0.0872. The van der Waals surface area contributed by atoms with Crippen molar-refractivity contribution < 1.29 is 9.18 Å². The number of anilines is 1. The van der Waals surface area contributed by atoms with E-state index in [1.807, 2.05) is 49.5 Å². The summed E-state index contributed by atoms with van der Waals surface area (Å²) in [5.41, 5.74) is 2.82. The van der Waals surface area contributed by atoms with Gasteiger partial charge in [-0.15, -0.1) is 0 Å². The highest BCUT2D eigenvalue weighted by Crippen LogP contribution is 2.44. The van der Waals surface area contributed by atoms with Gasteiger partial charge in [-0.1, -0.05) is 30.3 Å². The van der Waals surface area contributed by atoms with Crippen molar-refractivity contribution in [1.82, 2.24) is 9.61 Å². The van der Waals surface area contributed by atoms with Gasteiger partial charge in [-0.05, 0) is 38.3 Å². The molecule has 1 atom stereocenters. The molecule has 1 fully saturated rings. The van der Waals surface area contributed by atoms with Crippen LogP contribution in [-0.2, 0) is 0 Å². The number of nitrogens with zero attached hydrogens (tertiary/aromatic N) is 2. The first kappa shape index (κ1) is 15.8. The number of hydrogen-bond donors (Lipinski definition) is 1. The van der Waals surface area contributed by atoms with Crippen LogP contribution in [0.1, 0.15) is 37.0 Å². The highest BCUT2D eigenvalue weighted by Gasteiger charge is 2.48. The summed E-state index contributed by atoms with van der Waals surface area (Å²) in [7, 11) is 0. The Labute approximate surface area is 145 Å². The number of benzene rings is 1. The van der Waals surface area contributed by atoms with Crippen LogP contribution in [0.25, 0.3) is 16.6 Å². The third kappa shape index (κ3) is 2.80. The van der Waals surface area contributed by atoms with E-state index in [0.717, 1.165) is 16.6 Å². The molecule has 0 aliphatic heterocycles. The minimum atomic E-state index is -1.18. The second-order valence-electron chi connectivity index (χ2n) is 6.81. The third-order valence-corrected chi connectivity index (χ3v) is 4.99. The molecule has 1 aliphatic carbocycles. The van der Waals surface area contributed by atoms with E-state index in [1.165, 1.54) is 6.92 Å². The number of hydrogen-bond acceptors (Lipinski definition) is 3. The van der Waals surface area contributed by atoms with Crippen molar-refractivity contribution in [3.05, 3.63) is 54.4 Å². The van der Waals surface area contributed by atoms with E-state index in [4.69, 9.17) is 0 Å². The molecule has 128 valence electrons. The fraction of sp³-hybridized carbons (Fsp3) is 0.300. The largest absolute Gasteiger partial charge is 0.377 e. The summed E-state index contributed by atoms with van der Waals surface area (Å²) in [6.45, 7) is 3.33. The van der Waals surface area contributed by atoms with Crippen LogP contribution in [0, 0.1) is 0 Å². The lowest BCUT2D eigenvalue weighted by Gasteiger charge is -2.21. The molecule has 0 radical (unpaired) electrons. The molecule has 0 spiro atoms. The molecule has 0 saturated heterocycles. The third-order valence-electron chi connectivity index (χ3n) is 4.99. The number of nitrogens with one attached hydrogen (secondary N) is 1.